The number of hydrogen-bond acceptors (Lipinski definition) is 6. The van der Waals surface area contributed by atoms with Crippen LogP contribution < -0.4 is 10.9 Å². The smallest absolute Gasteiger partial charge is 0.277 e. The molecule has 0 amide bonds. The average molecular weight is 307 g/mol. The predicted octanol–water partition coefficient (Wildman–Crippen LogP) is 2.73. The quantitative estimate of drug-likeness (QED) is 0.888. The molecule has 114 valence electrons. The molecule has 0 atom stereocenters. The lowest BCUT2D eigenvalue weighted by molar-refractivity contribution is 0.587. The molecular formula is C14H21N5OS. The highest BCUT2D eigenvalue weighted by molar-refractivity contribution is 7.18. The van der Waals surface area contributed by atoms with Gasteiger partial charge in [0.2, 0.25) is 5.13 Å². The molecule has 7 heteroatoms. The van der Waals surface area contributed by atoms with Gasteiger partial charge in [-0.3, -0.25) is 4.79 Å². The van der Waals surface area contributed by atoms with E-state index < -0.39 is 0 Å². The van der Waals surface area contributed by atoms with E-state index in [-0.39, 0.29) is 11.5 Å². The summed E-state index contributed by atoms with van der Waals surface area (Å²) in [5.74, 6) is 0.257. The molecule has 0 unspecified atom stereocenters. The van der Waals surface area contributed by atoms with Crippen LogP contribution >= 0.6 is 11.3 Å². The number of hydrogen-bond donors (Lipinski definition) is 1. The van der Waals surface area contributed by atoms with Gasteiger partial charge >= 0.3 is 0 Å². The maximum absolute atomic E-state index is 12.4. The maximum atomic E-state index is 12.4. The molecule has 0 aliphatic heterocycles. The van der Waals surface area contributed by atoms with E-state index in [0.717, 1.165) is 23.8 Å². The third-order valence-corrected chi connectivity index (χ3v) is 3.98. The van der Waals surface area contributed by atoms with Crippen LogP contribution in [-0.2, 0) is 6.54 Å². The van der Waals surface area contributed by atoms with Gasteiger partial charge in [-0.25, -0.2) is 4.68 Å². The molecule has 0 aromatic carbocycles. The van der Waals surface area contributed by atoms with Gasteiger partial charge in [-0.05, 0) is 25.3 Å². The summed E-state index contributed by atoms with van der Waals surface area (Å²) < 4.78 is 1.49. The lowest BCUT2D eigenvalue weighted by Crippen LogP contribution is -2.25. The van der Waals surface area contributed by atoms with Gasteiger partial charge in [0.25, 0.3) is 5.56 Å². The maximum Gasteiger partial charge on any atom is 0.277 e. The summed E-state index contributed by atoms with van der Waals surface area (Å²) in [5.41, 5.74) is 1.36. The van der Waals surface area contributed by atoms with E-state index in [0.29, 0.717) is 17.1 Å². The van der Waals surface area contributed by atoms with Crippen LogP contribution in [0, 0.1) is 0 Å². The van der Waals surface area contributed by atoms with Crippen LogP contribution in [-0.4, -0.2) is 26.5 Å². The fraction of sp³-hybridized carbons (Fsp3) is 0.571. The highest BCUT2D eigenvalue weighted by Crippen LogP contribution is 2.25. The minimum absolute atomic E-state index is 0.111. The highest BCUT2D eigenvalue weighted by Gasteiger charge is 2.15. The molecule has 2 aromatic heterocycles. The van der Waals surface area contributed by atoms with Crippen LogP contribution in [0.25, 0.3) is 10.6 Å². The van der Waals surface area contributed by atoms with E-state index in [4.69, 9.17) is 0 Å². The Morgan fingerprint density at radius 1 is 1.33 bits per heavy atom. The summed E-state index contributed by atoms with van der Waals surface area (Å²) in [7, 11) is 0. The van der Waals surface area contributed by atoms with Gasteiger partial charge in [0.15, 0.2) is 5.01 Å². The summed E-state index contributed by atoms with van der Waals surface area (Å²) in [6.07, 6.45) is 1.02. The van der Waals surface area contributed by atoms with Crippen molar-refractivity contribution in [1.82, 2.24) is 20.0 Å². The zero-order valence-electron chi connectivity index (χ0n) is 12.9. The van der Waals surface area contributed by atoms with Crippen molar-refractivity contribution in [2.75, 3.05) is 11.9 Å². The molecule has 2 rings (SSSR count). The van der Waals surface area contributed by atoms with Gasteiger partial charge in [0.1, 0.15) is 0 Å². The van der Waals surface area contributed by atoms with Crippen LogP contribution in [0.2, 0.25) is 0 Å². The second-order valence-corrected chi connectivity index (χ2v) is 6.08. The van der Waals surface area contributed by atoms with Crippen molar-refractivity contribution in [2.24, 2.45) is 0 Å². The van der Waals surface area contributed by atoms with Crippen molar-refractivity contribution in [2.45, 2.75) is 46.6 Å². The van der Waals surface area contributed by atoms with Gasteiger partial charge in [0.05, 0.1) is 11.3 Å². The summed E-state index contributed by atoms with van der Waals surface area (Å²) >= 11 is 1.41. The van der Waals surface area contributed by atoms with Crippen molar-refractivity contribution in [3.8, 4) is 10.6 Å². The molecule has 0 bridgehead atoms. The first-order chi connectivity index (χ1) is 10.1. The van der Waals surface area contributed by atoms with Crippen LogP contribution in [0.15, 0.2) is 10.9 Å². The second-order valence-electron chi connectivity index (χ2n) is 5.10. The van der Waals surface area contributed by atoms with Crippen molar-refractivity contribution in [1.29, 1.82) is 0 Å². The van der Waals surface area contributed by atoms with Gasteiger partial charge < -0.3 is 5.32 Å². The Hall–Kier alpha value is -1.76. The Morgan fingerprint density at radius 2 is 2.10 bits per heavy atom. The molecule has 0 saturated heterocycles. The van der Waals surface area contributed by atoms with Crippen molar-refractivity contribution >= 4 is 16.5 Å². The number of nitrogens with one attached hydrogen (secondary N) is 1. The number of rotatable bonds is 6. The van der Waals surface area contributed by atoms with Gasteiger partial charge in [-0.2, -0.15) is 5.10 Å². The van der Waals surface area contributed by atoms with Gasteiger partial charge in [0, 0.05) is 13.1 Å². The van der Waals surface area contributed by atoms with Crippen LogP contribution in [0.5, 0.6) is 0 Å². The summed E-state index contributed by atoms with van der Waals surface area (Å²) in [4.78, 5) is 12.4. The van der Waals surface area contributed by atoms with Crippen LogP contribution in [0.3, 0.4) is 0 Å². The summed E-state index contributed by atoms with van der Waals surface area (Å²) in [5, 5.41) is 17.2. The van der Waals surface area contributed by atoms with E-state index in [1.807, 2.05) is 13.0 Å². The van der Waals surface area contributed by atoms with E-state index in [9.17, 15) is 4.79 Å². The number of anilines is 1. The minimum atomic E-state index is -0.111. The number of aryl methyl sites for hydroxylation is 1. The fourth-order valence-electron chi connectivity index (χ4n) is 1.85. The monoisotopic (exact) mass is 307 g/mol. The van der Waals surface area contributed by atoms with E-state index in [2.05, 4.69) is 41.4 Å². The van der Waals surface area contributed by atoms with Crippen molar-refractivity contribution in [3.05, 3.63) is 22.1 Å². The summed E-state index contributed by atoms with van der Waals surface area (Å²) in [6, 6.07) is 1.84. The van der Waals surface area contributed by atoms with Crippen LogP contribution in [0.4, 0.5) is 5.13 Å². The molecule has 0 aliphatic carbocycles. The lowest BCUT2D eigenvalue weighted by atomic mass is 10.1. The Kier molecular flexibility index (Phi) is 5.06. The standard InChI is InChI=1S/C14H21N5OS/c1-5-7-15-14-17-16-12(21-14)10-8-11(9(3)4)18-19(6-2)13(10)20/h8-9H,5-7H2,1-4H3,(H,15,17). The third-order valence-electron chi connectivity index (χ3n) is 3.07. The first-order valence-corrected chi connectivity index (χ1v) is 8.08. The van der Waals surface area contributed by atoms with Crippen molar-refractivity contribution < 1.29 is 0 Å². The Labute approximate surface area is 128 Å². The average Bonchev–Trinajstić information content (AvgIpc) is 2.93. The SMILES string of the molecule is CCCNc1nnc(-c2cc(C(C)C)nn(CC)c2=O)s1. The Morgan fingerprint density at radius 3 is 2.71 bits per heavy atom. The molecule has 0 fully saturated rings. The lowest BCUT2D eigenvalue weighted by Gasteiger charge is -2.09. The molecule has 0 saturated carbocycles. The van der Waals surface area contributed by atoms with E-state index in [1.165, 1.54) is 16.0 Å². The minimum Gasteiger partial charge on any atom is -0.360 e. The Bertz CT molecular complexity index is 662. The first-order valence-electron chi connectivity index (χ1n) is 7.26. The molecule has 0 radical (unpaired) electrons. The molecule has 1 N–H and O–H groups in total. The topological polar surface area (TPSA) is 72.7 Å². The molecule has 2 aromatic rings. The fourth-order valence-corrected chi connectivity index (χ4v) is 2.62. The largest absolute Gasteiger partial charge is 0.360 e. The van der Waals surface area contributed by atoms with E-state index >= 15 is 0 Å². The number of aromatic nitrogens is 4. The zero-order chi connectivity index (χ0) is 15.4. The molecule has 6 nitrogen and oxygen atoms in total. The van der Waals surface area contributed by atoms with Gasteiger partial charge in [-0.1, -0.05) is 32.1 Å². The highest BCUT2D eigenvalue weighted by atomic mass is 32.1. The molecule has 21 heavy (non-hydrogen) atoms. The molecule has 2 heterocycles. The molecule has 0 spiro atoms. The van der Waals surface area contributed by atoms with Gasteiger partial charge in [-0.15, -0.1) is 10.2 Å². The second kappa shape index (κ2) is 6.80. The van der Waals surface area contributed by atoms with Crippen LogP contribution in [0.1, 0.15) is 45.7 Å². The molecule has 0 aliphatic rings. The van der Waals surface area contributed by atoms with Crippen molar-refractivity contribution in [3.63, 3.8) is 0 Å². The zero-order valence-corrected chi connectivity index (χ0v) is 13.7. The Balaban J connectivity index is 2.44. The third kappa shape index (κ3) is 3.47. The summed E-state index contributed by atoms with van der Waals surface area (Å²) in [6.45, 7) is 9.52. The molecular weight excluding hydrogens is 286 g/mol. The first kappa shape index (κ1) is 15.6. The number of nitrogens with zero attached hydrogens (tertiary/aromatic N) is 4. The predicted molar refractivity (Wildman–Crippen MR) is 85.9 cm³/mol. The van der Waals surface area contributed by atoms with E-state index in [1.54, 1.807) is 0 Å². The normalized spacial score (nSPS) is 11.1.